The lowest BCUT2D eigenvalue weighted by Crippen LogP contribution is -2.24. The third kappa shape index (κ3) is 2.20. The Morgan fingerprint density at radius 1 is 1.57 bits per heavy atom. The molecule has 0 spiro atoms. The van der Waals surface area contributed by atoms with Gasteiger partial charge in [0.25, 0.3) is 0 Å². The predicted octanol–water partition coefficient (Wildman–Crippen LogP) is 0.662. The van der Waals surface area contributed by atoms with Crippen LogP contribution < -0.4 is 11.1 Å². The Bertz CT molecular complexity index is 298. The van der Waals surface area contributed by atoms with E-state index in [-0.39, 0.29) is 0 Å². The van der Waals surface area contributed by atoms with Crippen molar-refractivity contribution in [1.82, 2.24) is 15.3 Å². The fraction of sp³-hybridized carbons (Fsp3) is 0.600. The number of rotatable bonds is 2. The van der Waals surface area contributed by atoms with Gasteiger partial charge in [0.05, 0.1) is 0 Å². The lowest BCUT2D eigenvalue weighted by atomic mass is 10.1. The molecule has 2 rings (SSSR count). The summed E-state index contributed by atoms with van der Waals surface area (Å²) >= 11 is 0. The molecule has 4 heteroatoms. The van der Waals surface area contributed by atoms with Crippen molar-refractivity contribution >= 4 is 5.95 Å². The van der Waals surface area contributed by atoms with Crippen LogP contribution in [-0.2, 0) is 6.42 Å². The average molecular weight is 192 g/mol. The molecule has 0 bridgehead atoms. The zero-order chi connectivity index (χ0) is 9.97. The van der Waals surface area contributed by atoms with Crippen LogP contribution in [0, 0.1) is 6.92 Å². The van der Waals surface area contributed by atoms with E-state index in [0.29, 0.717) is 12.0 Å². The quantitative estimate of drug-likeness (QED) is 0.722. The van der Waals surface area contributed by atoms with E-state index in [0.717, 1.165) is 24.4 Å². The van der Waals surface area contributed by atoms with Gasteiger partial charge >= 0.3 is 0 Å². The second-order valence-electron chi connectivity index (χ2n) is 3.86. The highest BCUT2D eigenvalue weighted by Crippen LogP contribution is 2.11. The summed E-state index contributed by atoms with van der Waals surface area (Å²) in [5.74, 6) is 0.387. The largest absolute Gasteiger partial charge is 0.368 e. The number of hydrogen-bond donors (Lipinski definition) is 2. The number of nitrogens with zero attached hydrogens (tertiary/aromatic N) is 2. The van der Waals surface area contributed by atoms with Crippen LogP contribution in [0.1, 0.15) is 24.2 Å². The van der Waals surface area contributed by atoms with Crippen LogP contribution >= 0.6 is 0 Å². The minimum absolute atomic E-state index is 0.387. The maximum Gasteiger partial charge on any atom is 0.220 e. The number of nitrogens with one attached hydrogen (secondary N) is 1. The first-order chi connectivity index (χ1) is 6.74. The lowest BCUT2D eigenvalue weighted by Gasteiger charge is -2.09. The summed E-state index contributed by atoms with van der Waals surface area (Å²) in [6.07, 6.45) is 3.47. The van der Waals surface area contributed by atoms with E-state index >= 15 is 0 Å². The van der Waals surface area contributed by atoms with E-state index < -0.39 is 0 Å². The van der Waals surface area contributed by atoms with Gasteiger partial charge < -0.3 is 11.1 Å². The van der Waals surface area contributed by atoms with E-state index in [1.54, 1.807) is 0 Å². The lowest BCUT2D eigenvalue weighted by molar-refractivity contribution is 0.594. The Morgan fingerprint density at radius 3 is 3.07 bits per heavy atom. The average Bonchev–Trinajstić information content (AvgIpc) is 2.54. The van der Waals surface area contributed by atoms with Crippen molar-refractivity contribution < 1.29 is 0 Å². The molecule has 1 aromatic rings. The first kappa shape index (κ1) is 9.40. The molecule has 1 aromatic heterocycles. The number of aryl methyl sites for hydroxylation is 1. The van der Waals surface area contributed by atoms with Crippen molar-refractivity contribution in [1.29, 1.82) is 0 Å². The van der Waals surface area contributed by atoms with Crippen LogP contribution in [0.3, 0.4) is 0 Å². The van der Waals surface area contributed by atoms with Gasteiger partial charge in [-0.25, -0.2) is 9.97 Å². The van der Waals surface area contributed by atoms with Crippen LogP contribution in [0.4, 0.5) is 5.95 Å². The summed E-state index contributed by atoms with van der Waals surface area (Å²) in [4.78, 5) is 8.28. The van der Waals surface area contributed by atoms with Crippen molar-refractivity contribution in [3.63, 3.8) is 0 Å². The topological polar surface area (TPSA) is 63.8 Å². The molecule has 1 unspecified atom stereocenters. The molecule has 0 saturated carbocycles. The van der Waals surface area contributed by atoms with E-state index in [1.807, 2.05) is 13.0 Å². The molecule has 0 amide bonds. The van der Waals surface area contributed by atoms with Gasteiger partial charge in [-0.15, -0.1) is 0 Å². The summed E-state index contributed by atoms with van der Waals surface area (Å²) < 4.78 is 0. The van der Waals surface area contributed by atoms with Gasteiger partial charge in [-0.2, -0.15) is 0 Å². The summed E-state index contributed by atoms with van der Waals surface area (Å²) in [5.41, 5.74) is 7.59. The minimum atomic E-state index is 0.387. The SMILES string of the molecule is Cc1cc(CC2CCCN2)nc(N)n1. The van der Waals surface area contributed by atoms with Crippen LogP contribution in [0.5, 0.6) is 0 Å². The monoisotopic (exact) mass is 192 g/mol. The molecule has 0 aliphatic carbocycles. The highest BCUT2D eigenvalue weighted by molar-refractivity contribution is 5.22. The van der Waals surface area contributed by atoms with E-state index in [1.165, 1.54) is 12.8 Å². The third-order valence-corrected chi connectivity index (χ3v) is 2.54. The van der Waals surface area contributed by atoms with Gasteiger partial charge in [-0.3, -0.25) is 0 Å². The highest BCUT2D eigenvalue weighted by atomic mass is 15.0. The summed E-state index contributed by atoms with van der Waals surface area (Å²) in [5, 5.41) is 3.44. The second-order valence-corrected chi connectivity index (χ2v) is 3.86. The van der Waals surface area contributed by atoms with E-state index in [9.17, 15) is 0 Å². The van der Waals surface area contributed by atoms with Gasteiger partial charge in [0.2, 0.25) is 5.95 Å². The summed E-state index contributed by atoms with van der Waals surface area (Å²) in [6.45, 7) is 3.08. The molecule has 1 saturated heterocycles. The Kier molecular flexibility index (Phi) is 2.63. The Labute approximate surface area is 83.9 Å². The molecule has 1 atom stereocenters. The van der Waals surface area contributed by atoms with Crippen molar-refractivity contribution in [2.75, 3.05) is 12.3 Å². The number of nitrogen functional groups attached to an aromatic ring is 1. The summed E-state index contributed by atoms with van der Waals surface area (Å²) in [7, 11) is 0. The Hall–Kier alpha value is -1.16. The molecular formula is C10H16N4. The minimum Gasteiger partial charge on any atom is -0.368 e. The molecule has 1 aliphatic heterocycles. The van der Waals surface area contributed by atoms with Crippen LogP contribution in [-0.4, -0.2) is 22.6 Å². The first-order valence-corrected chi connectivity index (χ1v) is 5.07. The number of nitrogens with two attached hydrogens (primary N) is 1. The van der Waals surface area contributed by atoms with E-state index in [4.69, 9.17) is 5.73 Å². The Balaban J connectivity index is 2.07. The molecule has 0 aromatic carbocycles. The number of aromatic nitrogens is 2. The third-order valence-electron chi connectivity index (χ3n) is 2.54. The zero-order valence-electron chi connectivity index (χ0n) is 8.45. The van der Waals surface area contributed by atoms with Gasteiger partial charge in [-0.1, -0.05) is 0 Å². The molecule has 14 heavy (non-hydrogen) atoms. The van der Waals surface area contributed by atoms with Gasteiger partial charge in [0.15, 0.2) is 0 Å². The molecule has 4 nitrogen and oxygen atoms in total. The van der Waals surface area contributed by atoms with Crippen molar-refractivity contribution in [3.05, 3.63) is 17.5 Å². The fourth-order valence-corrected chi connectivity index (χ4v) is 1.95. The standard InChI is InChI=1S/C10H16N4/c1-7-5-9(14-10(11)13-7)6-8-3-2-4-12-8/h5,8,12H,2-4,6H2,1H3,(H2,11,13,14). The molecule has 0 radical (unpaired) electrons. The van der Waals surface area contributed by atoms with Crippen molar-refractivity contribution in [2.45, 2.75) is 32.2 Å². The van der Waals surface area contributed by atoms with E-state index in [2.05, 4.69) is 15.3 Å². The molecule has 2 heterocycles. The maximum atomic E-state index is 5.59. The van der Waals surface area contributed by atoms with Crippen LogP contribution in [0.2, 0.25) is 0 Å². The number of anilines is 1. The summed E-state index contributed by atoms with van der Waals surface area (Å²) in [6, 6.07) is 2.58. The fourth-order valence-electron chi connectivity index (χ4n) is 1.95. The smallest absolute Gasteiger partial charge is 0.220 e. The molecule has 3 N–H and O–H groups in total. The molecule has 76 valence electrons. The molecular weight excluding hydrogens is 176 g/mol. The first-order valence-electron chi connectivity index (χ1n) is 5.07. The normalized spacial score (nSPS) is 21.4. The van der Waals surface area contributed by atoms with Gasteiger partial charge in [0.1, 0.15) is 0 Å². The second kappa shape index (κ2) is 3.92. The molecule has 1 aliphatic rings. The maximum absolute atomic E-state index is 5.59. The van der Waals surface area contributed by atoms with Gasteiger partial charge in [0, 0.05) is 23.9 Å². The number of hydrogen-bond acceptors (Lipinski definition) is 4. The van der Waals surface area contributed by atoms with Gasteiger partial charge in [-0.05, 0) is 32.4 Å². The van der Waals surface area contributed by atoms with Crippen LogP contribution in [0.25, 0.3) is 0 Å². The predicted molar refractivity (Wildman–Crippen MR) is 55.9 cm³/mol. The van der Waals surface area contributed by atoms with Crippen molar-refractivity contribution in [3.8, 4) is 0 Å². The van der Waals surface area contributed by atoms with Crippen molar-refractivity contribution in [2.24, 2.45) is 0 Å². The molecule has 1 fully saturated rings. The van der Waals surface area contributed by atoms with Crippen LogP contribution in [0.15, 0.2) is 6.07 Å². The highest BCUT2D eigenvalue weighted by Gasteiger charge is 2.15. The zero-order valence-corrected chi connectivity index (χ0v) is 8.45. The Morgan fingerprint density at radius 2 is 2.43 bits per heavy atom.